The van der Waals surface area contributed by atoms with Crippen LogP contribution in [0.25, 0.3) is 0 Å². The van der Waals surface area contributed by atoms with Crippen molar-refractivity contribution in [1.29, 1.82) is 10.7 Å². The summed E-state index contributed by atoms with van der Waals surface area (Å²) >= 11 is 0. The zero-order valence-corrected chi connectivity index (χ0v) is 4.97. The molecule has 0 unspecified atom stereocenters. The maximum absolute atomic E-state index is 7.86. The summed E-state index contributed by atoms with van der Waals surface area (Å²) < 4.78 is 0. The lowest BCUT2D eigenvalue weighted by molar-refractivity contribution is 1.51. The van der Waals surface area contributed by atoms with Gasteiger partial charge < -0.3 is 5.73 Å². The van der Waals surface area contributed by atoms with Gasteiger partial charge in [0.25, 0.3) is 0 Å². The van der Waals surface area contributed by atoms with Gasteiger partial charge in [0.15, 0.2) is 5.17 Å². The molecule has 0 aliphatic carbocycles. The number of nitriles is 1. The second-order valence-corrected chi connectivity index (χ2v) is 2.58. The smallest absolute Gasteiger partial charge is 0.162 e. The molecule has 5 heteroatoms. The van der Waals surface area contributed by atoms with Crippen LogP contribution in [0.2, 0.25) is 0 Å². The fourth-order valence-electron chi connectivity index (χ4n) is 0.0635. The molecule has 0 fully saturated rings. The summed E-state index contributed by atoms with van der Waals surface area (Å²) in [7, 11) is 1.84. The first-order valence-electron chi connectivity index (χ1n) is 1.34. The molecule has 0 radical (unpaired) electrons. The van der Waals surface area contributed by atoms with Gasteiger partial charge in [0.1, 0.15) is 5.40 Å². The first-order valence-corrected chi connectivity index (χ1v) is 3.49. The summed E-state index contributed by atoms with van der Waals surface area (Å²) in [5.74, 6) is 0. The first kappa shape index (κ1) is 6.66. The summed E-state index contributed by atoms with van der Waals surface area (Å²) in [6, 6.07) is 0. The Balaban J connectivity index is 3.02. The molecule has 38 valence electrons. The summed E-state index contributed by atoms with van der Waals surface area (Å²) in [5.41, 5.74) is 4.85. The fraction of sp³-hybridized carbons (Fsp3) is 0. The van der Waals surface area contributed by atoms with Crippen LogP contribution in [0.4, 0.5) is 0 Å². The Bertz CT molecular complexity index is 104. The maximum Gasteiger partial charge on any atom is 0.162 e. The molecule has 0 spiro atoms. The standard InChI is InChI=1S/C2H3N3S2/c3-1-6-7-2(4)5/h(H3,4,5). The third kappa shape index (κ3) is 5.66. The van der Waals surface area contributed by atoms with Crippen LogP contribution in [0.1, 0.15) is 0 Å². The van der Waals surface area contributed by atoms with Crippen LogP contribution < -0.4 is 5.73 Å². The van der Waals surface area contributed by atoms with Gasteiger partial charge in [-0.3, -0.25) is 5.41 Å². The molecule has 0 saturated carbocycles. The molecule has 0 aromatic carbocycles. The molecular weight excluding hydrogens is 130 g/mol. The van der Waals surface area contributed by atoms with Crippen molar-refractivity contribution in [3.8, 4) is 5.40 Å². The normalized spacial score (nSPS) is 7.29. The third-order valence-electron chi connectivity index (χ3n) is 0.169. The van der Waals surface area contributed by atoms with Crippen LogP contribution in [-0.4, -0.2) is 5.17 Å². The van der Waals surface area contributed by atoms with Crippen molar-refractivity contribution in [3.63, 3.8) is 0 Å². The minimum Gasteiger partial charge on any atom is -0.378 e. The van der Waals surface area contributed by atoms with Gasteiger partial charge in [0.05, 0.1) is 0 Å². The van der Waals surface area contributed by atoms with Crippen molar-refractivity contribution >= 4 is 26.8 Å². The number of hydrogen-bond acceptors (Lipinski definition) is 4. The highest BCUT2D eigenvalue weighted by molar-refractivity contribution is 8.83. The molecule has 0 aromatic rings. The van der Waals surface area contributed by atoms with Crippen LogP contribution in [0.3, 0.4) is 0 Å². The van der Waals surface area contributed by atoms with Gasteiger partial charge in [0, 0.05) is 10.8 Å². The van der Waals surface area contributed by atoms with E-state index in [1.54, 1.807) is 5.40 Å². The zero-order valence-electron chi connectivity index (χ0n) is 3.34. The van der Waals surface area contributed by atoms with Crippen LogP contribution >= 0.6 is 21.6 Å². The van der Waals surface area contributed by atoms with E-state index in [-0.39, 0.29) is 5.17 Å². The van der Waals surface area contributed by atoms with Crippen molar-refractivity contribution in [2.45, 2.75) is 0 Å². The van der Waals surface area contributed by atoms with Crippen LogP contribution in [0, 0.1) is 16.1 Å². The van der Waals surface area contributed by atoms with E-state index in [0.29, 0.717) is 0 Å². The number of hydrogen-bond donors (Lipinski definition) is 2. The summed E-state index contributed by atoms with van der Waals surface area (Å²) in [4.78, 5) is 0. The first-order chi connectivity index (χ1) is 3.27. The third-order valence-corrected chi connectivity index (χ3v) is 1.52. The Morgan fingerprint density at radius 2 is 2.43 bits per heavy atom. The Kier molecular flexibility index (Phi) is 3.65. The number of nitrogens with two attached hydrogens (primary N) is 1. The van der Waals surface area contributed by atoms with Gasteiger partial charge in [-0.2, -0.15) is 5.26 Å². The second-order valence-electron chi connectivity index (χ2n) is 0.622. The van der Waals surface area contributed by atoms with Gasteiger partial charge in [-0.15, -0.1) is 0 Å². The lowest BCUT2D eigenvalue weighted by Crippen LogP contribution is -2.00. The fourth-order valence-corrected chi connectivity index (χ4v) is 0.572. The number of amidine groups is 1. The van der Waals surface area contributed by atoms with E-state index < -0.39 is 0 Å². The van der Waals surface area contributed by atoms with Gasteiger partial charge in [-0.05, 0) is 10.8 Å². The van der Waals surface area contributed by atoms with Gasteiger partial charge in [0.2, 0.25) is 0 Å². The van der Waals surface area contributed by atoms with Crippen molar-refractivity contribution < 1.29 is 0 Å². The van der Waals surface area contributed by atoms with Crippen LogP contribution in [0.15, 0.2) is 0 Å². The number of thiocyanates is 1. The lowest BCUT2D eigenvalue weighted by Gasteiger charge is -1.82. The Morgan fingerprint density at radius 3 is 2.57 bits per heavy atom. The maximum atomic E-state index is 7.86. The van der Waals surface area contributed by atoms with Crippen LogP contribution in [0.5, 0.6) is 0 Å². The van der Waals surface area contributed by atoms with Crippen molar-refractivity contribution in [2.75, 3.05) is 0 Å². The lowest BCUT2D eigenvalue weighted by atomic mass is 11.4. The highest BCUT2D eigenvalue weighted by Gasteiger charge is 1.85. The topological polar surface area (TPSA) is 73.7 Å². The quantitative estimate of drug-likeness (QED) is 0.239. The predicted octanol–water partition coefficient (Wildman–Crippen LogP) is 0.742. The number of nitrogens with zero attached hydrogens (tertiary/aromatic N) is 1. The van der Waals surface area contributed by atoms with E-state index in [9.17, 15) is 0 Å². The van der Waals surface area contributed by atoms with Crippen LogP contribution in [-0.2, 0) is 0 Å². The minimum absolute atomic E-state index is 0.0356. The summed E-state index contributed by atoms with van der Waals surface area (Å²) in [6.45, 7) is 0. The highest BCUT2D eigenvalue weighted by atomic mass is 33.1. The van der Waals surface area contributed by atoms with E-state index in [2.05, 4.69) is 0 Å². The number of nitrogens with one attached hydrogen (secondary N) is 1. The SMILES string of the molecule is N#CSSC(=N)N. The largest absolute Gasteiger partial charge is 0.378 e. The Labute approximate surface area is 49.2 Å². The summed E-state index contributed by atoms with van der Waals surface area (Å²) in [5, 5.41) is 16.1. The monoisotopic (exact) mass is 133 g/mol. The molecule has 0 saturated heterocycles. The average Bonchev–Trinajstić information content (AvgIpc) is 1.61. The molecule has 0 aromatic heterocycles. The zero-order chi connectivity index (χ0) is 5.70. The van der Waals surface area contributed by atoms with E-state index >= 15 is 0 Å². The van der Waals surface area contributed by atoms with E-state index in [0.717, 1.165) is 21.6 Å². The second kappa shape index (κ2) is 3.84. The minimum atomic E-state index is -0.0356. The molecule has 0 atom stereocenters. The van der Waals surface area contributed by atoms with E-state index in [4.69, 9.17) is 16.4 Å². The Morgan fingerprint density at radius 1 is 1.86 bits per heavy atom. The van der Waals surface area contributed by atoms with E-state index in [1.165, 1.54) is 0 Å². The molecule has 0 rings (SSSR count). The molecule has 0 bridgehead atoms. The molecule has 0 aliphatic rings. The molecular formula is C2H3N3S2. The van der Waals surface area contributed by atoms with Crippen molar-refractivity contribution in [1.82, 2.24) is 0 Å². The molecule has 0 amide bonds. The molecule has 7 heavy (non-hydrogen) atoms. The molecule has 3 N–H and O–H groups in total. The summed E-state index contributed by atoms with van der Waals surface area (Å²) in [6.07, 6.45) is 0. The van der Waals surface area contributed by atoms with Gasteiger partial charge >= 0.3 is 0 Å². The van der Waals surface area contributed by atoms with E-state index in [1.807, 2.05) is 0 Å². The van der Waals surface area contributed by atoms with Gasteiger partial charge in [-0.25, -0.2) is 0 Å². The van der Waals surface area contributed by atoms with Crippen molar-refractivity contribution in [2.24, 2.45) is 5.73 Å². The molecule has 0 aliphatic heterocycles. The molecule has 3 nitrogen and oxygen atoms in total. The Hall–Kier alpha value is -0.340. The average molecular weight is 133 g/mol. The van der Waals surface area contributed by atoms with Gasteiger partial charge in [-0.1, -0.05) is 0 Å². The van der Waals surface area contributed by atoms with Crippen molar-refractivity contribution in [3.05, 3.63) is 0 Å². The number of rotatable bonds is 1. The molecule has 0 heterocycles. The predicted molar refractivity (Wildman–Crippen MR) is 32.7 cm³/mol. The highest BCUT2D eigenvalue weighted by Crippen LogP contribution is 2.16.